The van der Waals surface area contributed by atoms with Crippen LogP contribution in [0.2, 0.25) is 0 Å². The third-order valence-electron chi connectivity index (χ3n) is 8.47. The van der Waals surface area contributed by atoms with Gasteiger partial charge in [-0.25, -0.2) is 0 Å². The summed E-state index contributed by atoms with van der Waals surface area (Å²) in [5.41, 5.74) is 4.68. The number of nitrogens with zero attached hydrogens (tertiary/aromatic N) is 3. The van der Waals surface area contributed by atoms with Crippen LogP contribution in [0.15, 0.2) is 59.1 Å². The van der Waals surface area contributed by atoms with E-state index in [1.54, 1.807) is 19.4 Å². The molecule has 2 aromatic heterocycles. The van der Waals surface area contributed by atoms with E-state index in [0.717, 1.165) is 42.4 Å². The highest BCUT2D eigenvalue weighted by Gasteiger charge is 2.40. The van der Waals surface area contributed by atoms with Gasteiger partial charge in [-0.05, 0) is 54.8 Å². The van der Waals surface area contributed by atoms with Crippen LogP contribution in [0.3, 0.4) is 0 Å². The van der Waals surface area contributed by atoms with Crippen molar-refractivity contribution in [3.63, 3.8) is 0 Å². The van der Waals surface area contributed by atoms with Crippen molar-refractivity contribution in [1.82, 2.24) is 9.88 Å². The first-order valence-corrected chi connectivity index (χ1v) is 14.4. The third kappa shape index (κ3) is 4.77. The highest BCUT2D eigenvalue weighted by Crippen LogP contribution is 2.39. The monoisotopic (exact) mass is 565 g/mol. The van der Waals surface area contributed by atoms with Gasteiger partial charge >= 0.3 is 0 Å². The number of methoxy groups -OCH3 is 1. The molecule has 5 heterocycles. The van der Waals surface area contributed by atoms with Gasteiger partial charge in [0.05, 0.1) is 56.7 Å². The molecule has 9 nitrogen and oxygen atoms in total. The molecule has 1 amide bonds. The summed E-state index contributed by atoms with van der Waals surface area (Å²) >= 11 is 0. The van der Waals surface area contributed by atoms with E-state index in [0.29, 0.717) is 65.9 Å². The molecule has 0 saturated carbocycles. The SMILES string of the molecule is COc1cc(C(=O)N2C3CCC2COC3)ccc1-c1cc2nccc(-c3ccc(OC4CCOCC4)c(C#N)c3)c2o1. The Morgan fingerprint density at radius 3 is 2.52 bits per heavy atom. The van der Waals surface area contributed by atoms with Gasteiger partial charge in [0.15, 0.2) is 5.58 Å². The number of morpholine rings is 1. The van der Waals surface area contributed by atoms with Crippen molar-refractivity contribution < 1.29 is 28.2 Å². The van der Waals surface area contributed by atoms with E-state index < -0.39 is 0 Å². The van der Waals surface area contributed by atoms with Crippen LogP contribution >= 0.6 is 0 Å². The van der Waals surface area contributed by atoms with Crippen molar-refractivity contribution in [1.29, 1.82) is 5.26 Å². The Bertz CT molecular complexity index is 1670. The lowest BCUT2D eigenvalue weighted by molar-refractivity contribution is -0.00717. The van der Waals surface area contributed by atoms with Crippen molar-refractivity contribution in [2.75, 3.05) is 33.5 Å². The number of ether oxygens (including phenoxy) is 4. The molecule has 2 aromatic carbocycles. The number of benzene rings is 2. The Morgan fingerprint density at radius 2 is 1.76 bits per heavy atom. The Labute approximate surface area is 243 Å². The molecular formula is C33H31N3O6. The van der Waals surface area contributed by atoms with Crippen LogP contribution < -0.4 is 9.47 Å². The highest BCUT2D eigenvalue weighted by atomic mass is 16.5. The number of furan rings is 1. The molecule has 2 unspecified atom stereocenters. The van der Waals surface area contributed by atoms with Gasteiger partial charge in [0.1, 0.15) is 34.9 Å². The summed E-state index contributed by atoms with van der Waals surface area (Å²) in [7, 11) is 1.59. The molecule has 2 atom stereocenters. The molecule has 214 valence electrons. The largest absolute Gasteiger partial charge is 0.496 e. The average Bonchev–Trinajstić information content (AvgIpc) is 3.58. The van der Waals surface area contributed by atoms with Crippen LogP contribution in [-0.2, 0) is 9.47 Å². The Morgan fingerprint density at radius 1 is 0.952 bits per heavy atom. The molecule has 0 N–H and O–H groups in total. The van der Waals surface area contributed by atoms with Crippen molar-refractivity contribution in [2.24, 2.45) is 0 Å². The molecule has 0 radical (unpaired) electrons. The van der Waals surface area contributed by atoms with E-state index >= 15 is 0 Å². The second kappa shape index (κ2) is 11.1. The standard InChI is InChI=1S/C33H31N3O6/c1-38-30-15-21(33(37)36-23-4-5-24(36)19-40-18-23)2-6-27(30)31-16-28-32(42-31)26(8-11-35-28)20-3-7-29(22(14-20)17-34)41-25-9-12-39-13-10-25/h2-3,6-8,11,14-16,23-25H,4-5,9-10,12-13,18-19H2,1H3. The number of rotatable bonds is 6. The molecule has 3 saturated heterocycles. The van der Waals surface area contributed by atoms with Gasteiger partial charge in [0.25, 0.3) is 5.91 Å². The summed E-state index contributed by atoms with van der Waals surface area (Å²) in [4.78, 5) is 20.0. The first-order valence-electron chi connectivity index (χ1n) is 14.4. The molecular weight excluding hydrogens is 534 g/mol. The van der Waals surface area contributed by atoms with Gasteiger partial charge in [0, 0.05) is 36.2 Å². The summed E-state index contributed by atoms with van der Waals surface area (Å²) in [5, 5.41) is 9.88. The van der Waals surface area contributed by atoms with Gasteiger partial charge in [-0.2, -0.15) is 5.26 Å². The lowest BCUT2D eigenvalue weighted by Gasteiger charge is -2.34. The van der Waals surface area contributed by atoms with E-state index in [4.69, 9.17) is 23.4 Å². The van der Waals surface area contributed by atoms with E-state index in [-0.39, 0.29) is 24.1 Å². The lowest BCUT2D eigenvalue weighted by atomic mass is 10.0. The maximum Gasteiger partial charge on any atom is 0.254 e. The van der Waals surface area contributed by atoms with Gasteiger partial charge in [-0.15, -0.1) is 0 Å². The first-order chi connectivity index (χ1) is 20.6. The molecule has 4 aromatic rings. The van der Waals surface area contributed by atoms with Crippen LogP contribution in [-0.4, -0.2) is 67.5 Å². The fourth-order valence-corrected chi connectivity index (χ4v) is 6.30. The molecule has 3 fully saturated rings. The first kappa shape index (κ1) is 26.5. The Kier molecular flexibility index (Phi) is 7.02. The Balaban J connectivity index is 1.19. The predicted octanol–water partition coefficient (Wildman–Crippen LogP) is 5.60. The lowest BCUT2D eigenvalue weighted by Crippen LogP contribution is -2.49. The quantitative estimate of drug-likeness (QED) is 0.297. The normalized spacial score (nSPS) is 20.4. The minimum absolute atomic E-state index is 0.00162. The molecule has 9 heteroatoms. The number of hydrogen-bond acceptors (Lipinski definition) is 8. The molecule has 7 rings (SSSR count). The van der Waals surface area contributed by atoms with Gasteiger partial charge in [0.2, 0.25) is 0 Å². The maximum atomic E-state index is 13.5. The number of pyridine rings is 1. The number of carbonyl (C=O) groups is 1. The average molecular weight is 566 g/mol. The third-order valence-corrected chi connectivity index (χ3v) is 8.47. The minimum Gasteiger partial charge on any atom is -0.496 e. The van der Waals surface area contributed by atoms with Crippen molar-refractivity contribution in [3.8, 4) is 40.0 Å². The fraction of sp³-hybridized carbons (Fsp3) is 0.364. The summed E-state index contributed by atoms with van der Waals surface area (Å²) in [6.45, 7) is 2.51. The maximum absolute atomic E-state index is 13.5. The number of amides is 1. The van der Waals surface area contributed by atoms with Crippen LogP contribution in [0.5, 0.6) is 11.5 Å². The molecule has 0 spiro atoms. The zero-order valence-electron chi connectivity index (χ0n) is 23.4. The second-order valence-electron chi connectivity index (χ2n) is 11.0. The number of hydrogen-bond donors (Lipinski definition) is 0. The molecule has 2 bridgehead atoms. The topological polar surface area (TPSA) is 107 Å². The predicted molar refractivity (Wildman–Crippen MR) is 154 cm³/mol. The zero-order valence-corrected chi connectivity index (χ0v) is 23.4. The summed E-state index contributed by atoms with van der Waals surface area (Å²) in [5.74, 6) is 1.69. The Hall–Kier alpha value is -4.39. The highest BCUT2D eigenvalue weighted by molar-refractivity contribution is 5.97. The van der Waals surface area contributed by atoms with Gasteiger partial charge in [-0.1, -0.05) is 6.07 Å². The van der Waals surface area contributed by atoms with E-state index in [1.165, 1.54) is 0 Å². The second-order valence-corrected chi connectivity index (χ2v) is 11.0. The summed E-state index contributed by atoms with van der Waals surface area (Å²) in [6.07, 6.45) is 5.32. The smallest absolute Gasteiger partial charge is 0.254 e. The summed E-state index contributed by atoms with van der Waals surface area (Å²) in [6, 6.07) is 17.4. The van der Waals surface area contributed by atoms with Crippen LogP contribution in [0, 0.1) is 11.3 Å². The van der Waals surface area contributed by atoms with E-state index in [1.807, 2.05) is 47.4 Å². The van der Waals surface area contributed by atoms with Gasteiger partial charge < -0.3 is 28.3 Å². The van der Waals surface area contributed by atoms with E-state index in [9.17, 15) is 10.1 Å². The number of fused-ring (bicyclic) bond motifs is 3. The van der Waals surface area contributed by atoms with Crippen molar-refractivity contribution in [3.05, 3.63) is 65.9 Å². The fourth-order valence-electron chi connectivity index (χ4n) is 6.30. The van der Waals surface area contributed by atoms with Crippen LogP contribution in [0.1, 0.15) is 41.6 Å². The van der Waals surface area contributed by atoms with Crippen LogP contribution in [0.4, 0.5) is 0 Å². The molecule has 3 aliphatic rings. The molecule has 3 aliphatic heterocycles. The minimum atomic E-state index is 0.00162. The number of nitriles is 1. The zero-order chi connectivity index (χ0) is 28.6. The molecule has 0 aliphatic carbocycles. The van der Waals surface area contributed by atoms with Crippen molar-refractivity contribution in [2.45, 2.75) is 43.9 Å². The molecule has 42 heavy (non-hydrogen) atoms. The van der Waals surface area contributed by atoms with Gasteiger partial charge in [-0.3, -0.25) is 9.78 Å². The van der Waals surface area contributed by atoms with Crippen LogP contribution in [0.25, 0.3) is 33.6 Å². The number of aromatic nitrogens is 1. The number of carbonyl (C=O) groups excluding carboxylic acids is 1. The summed E-state index contributed by atoms with van der Waals surface area (Å²) < 4.78 is 29.3. The van der Waals surface area contributed by atoms with Crippen molar-refractivity contribution >= 4 is 17.0 Å². The van der Waals surface area contributed by atoms with E-state index in [2.05, 4.69) is 11.1 Å².